The largest absolute Gasteiger partial charge is 0.383 e. The van der Waals surface area contributed by atoms with Crippen molar-refractivity contribution in [2.24, 2.45) is 5.92 Å². The summed E-state index contributed by atoms with van der Waals surface area (Å²) in [6, 6.07) is 12.5. The Hall–Kier alpha value is -3.45. The van der Waals surface area contributed by atoms with E-state index in [4.69, 9.17) is 5.73 Å². The van der Waals surface area contributed by atoms with Crippen LogP contribution in [0, 0.1) is 5.92 Å². The number of carbonyl (C=O) groups excluding carboxylic acids is 1. The fraction of sp³-hybridized carbons (Fsp3) is 0.370. The normalized spacial score (nSPS) is 17.4. The van der Waals surface area contributed by atoms with Crippen molar-refractivity contribution in [1.82, 2.24) is 24.8 Å². The summed E-state index contributed by atoms with van der Waals surface area (Å²) in [5, 5.41) is 6.00. The molecule has 7 nitrogen and oxygen atoms in total. The van der Waals surface area contributed by atoms with Crippen molar-refractivity contribution in [3.05, 3.63) is 54.5 Å². The topological polar surface area (TPSA) is 89.1 Å². The van der Waals surface area contributed by atoms with E-state index in [1.807, 2.05) is 18.2 Å². The fourth-order valence-corrected chi connectivity index (χ4v) is 5.17. The number of hydrogen-bond acceptors (Lipinski definition) is 5. The van der Waals surface area contributed by atoms with Crippen LogP contribution in [0.2, 0.25) is 0 Å². The Morgan fingerprint density at radius 3 is 2.74 bits per heavy atom. The molecule has 2 aromatic carbocycles. The van der Waals surface area contributed by atoms with Gasteiger partial charge in [0, 0.05) is 29.9 Å². The van der Waals surface area contributed by atoms with Crippen LogP contribution in [0.25, 0.3) is 32.9 Å². The van der Waals surface area contributed by atoms with Gasteiger partial charge in [-0.05, 0) is 80.2 Å². The summed E-state index contributed by atoms with van der Waals surface area (Å²) in [4.78, 5) is 24.0. The highest BCUT2D eigenvalue weighted by molar-refractivity contribution is 6.09. The van der Waals surface area contributed by atoms with Gasteiger partial charge in [-0.25, -0.2) is 9.97 Å². The highest BCUT2D eigenvalue weighted by atomic mass is 16.1. The van der Waals surface area contributed by atoms with E-state index < -0.39 is 0 Å². The second-order valence-corrected chi connectivity index (χ2v) is 9.89. The maximum atomic E-state index is 12.7. The number of carbonyl (C=O) groups is 1. The number of aromatic nitrogens is 3. The van der Waals surface area contributed by atoms with Crippen LogP contribution in [0.5, 0.6) is 0 Å². The predicted molar refractivity (Wildman–Crippen MR) is 136 cm³/mol. The average Bonchev–Trinajstić information content (AvgIpc) is 3.59. The van der Waals surface area contributed by atoms with Crippen LogP contribution in [-0.2, 0) is 6.54 Å². The molecule has 1 amide bonds. The van der Waals surface area contributed by atoms with Crippen molar-refractivity contribution in [3.63, 3.8) is 0 Å². The Balaban J connectivity index is 1.39. The number of fused-ring (bicyclic) bond motifs is 2. The van der Waals surface area contributed by atoms with E-state index in [9.17, 15) is 4.79 Å². The number of nitrogens with two attached hydrogens (primary N) is 1. The van der Waals surface area contributed by atoms with Crippen LogP contribution >= 0.6 is 0 Å². The fourth-order valence-electron chi connectivity index (χ4n) is 5.17. The molecule has 3 N–H and O–H groups in total. The molecule has 1 saturated heterocycles. The van der Waals surface area contributed by atoms with Gasteiger partial charge >= 0.3 is 0 Å². The van der Waals surface area contributed by atoms with Crippen molar-refractivity contribution in [2.45, 2.75) is 38.3 Å². The number of nitrogen functional groups attached to an aromatic ring is 1. The minimum atomic E-state index is 0.00761. The van der Waals surface area contributed by atoms with Gasteiger partial charge in [0.2, 0.25) is 0 Å². The highest BCUT2D eigenvalue weighted by Gasteiger charge is 2.25. The summed E-state index contributed by atoms with van der Waals surface area (Å²) in [6.45, 7) is 3.20. The van der Waals surface area contributed by atoms with Crippen molar-refractivity contribution in [2.75, 3.05) is 25.9 Å². The van der Waals surface area contributed by atoms with Gasteiger partial charge in [0.25, 0.3) is 5.91 Å². The number of piperidine rings is 1. The molecule has 0 spiro atoms. The molecule has 1 aliphatic carbocycles. The first-order valence-corrected chi connectivity index (χ1v) is 12.2. The monoisotopic (exact) mass is 454 g/mol. The van der Waals surface area contributed by atoms with Gasteiger partial charge in [-0.3, -0.25) is 4.79 Å². The zero-order chi connectivity index (χ0) is 23.2. The lowest BCUT2D eigenvalue weighted by molar-refractivity contribution is 0.0952. The molecule has 3 heterocycles. The third-order valence-electron chi connectivity index (χ3n) is 7.32. The molecular weight excluding hydrogens is 424 g/mol. The third kappa shape index (κ3) is 3.90. The number of likely N-dealkylation sites (tertiary alicyclic amines) is 1. The Morgan fingerprint density at radius 2 is 1.94 bits per heavy atom. The van der Waals surface area contributed by atoms with E-state index in [-0.39, 0.29) is 5.91 Å². The average molecular weight is 455 g/mol. The highest BCUT2D eigenvalue weighted by Crippen LogP contribution is 2.35. The van der Waals surface area contributed by atoms with Gasteiger partial charge in [-0.1, -0.05) is 24.3 Å². The number of nitrogens with one attached hydrogen (secondary N) is 1. The van der Waals surface area contributed by atoms with Crippen molar-refractivity contribution in [1.29, 1.82) is 0 Å². The molecular formula is C27H30N6O. The third-order valence-corrected chi connectivity index (χ3v) is 7.32. The lowest BCUT2D eigenvalue weighted by Crippen LogP contribution is -2.31. The maximum Gasteiger partial charge on any atom is 0.252 e. The Morgan fingerprint density at radius 1 is 1.12 bits per heavy atom. The lowest BCUT2D eigenvalue weighted by Gasteiger charge is -2.29. The molecule has 1 saturated carbocycles. The number of benzene rings is 2. The van der Waals surface area contributed by atoms with Gasteiger partial charge in [0.05, 0.1) is 5.39 Å². The molecule has 7 heteroatoms. The summed E-state index contributed by atoms with van der Waals surface area (Å²) in [5.41, 5.74) is 10.1. The molecule has 0 radical (unpaired) electrons. The molecule has 174 valence electrons. The molecule has 1 aliphatic heterocycles. The molecule has 2 aromatic heterocycles. The van der Waals surface area contributed by atoms with Crippen LogP contribution in [0.3, 0.4) is 0 Å². The van der Waals surface area contributed by atoms with Gasteiger partial charge in [-0.15, -0.1) is 0 Å². The van der Waals surface area contributed by atoms with Crippen LogP contribution in [0.1, 0.15) is 36.0 Å². The second kappa shape index (κ2) is 8.40. The summed E-state index contributed by atoms with van der Waals surface area (Å²) < 4.78 is 2.25. The van der Waals surface area contributed by atoms with Crippen LogP contribution in [-0.4, -0.2) is 51.5 Å². The van der Waals surface area contributed by atoms with Crippen LogP contribution in [0.4, 0.5) is 5.82 Å². The summed E-state index contributed by atoms with van der Waals surface area (Å²) in [5.74, 6) is 1.13. The van der Waals surface area contributed by atoms with Gasteiger partial charge < -0.3 is 20.5 Å². The molecule has 2 fully saturated rings. The van der Waals surface area contributed by atoms with E-state index in [2.05, 4.69) is 56.2 Å². The summed E-state index contributed by atoms with van der Waals surface area (Å²) in [7, 11) is 2.19. The number of anilines is 1. The van der Waals surface area contributed by atoms with Crippen LogP contribution in [0.15, 0.2) is 48.9 Å². The standard InChI is InChI=1S/C27H30N6O/c1-32-11-9-17(10-12-32)14-33-15-23(24-25(28)29-16-30-26(24)33)19-5-8-21-18(13-19)3-2-4-22(21)27(34)31-20-6-7-20/h2-5,8,13,15-17,20H,6-7,9-12,14H2,1H3,(H,31,34)(H2,28,29,30). The molecule has 0 unspecified atom stereocenters. The molecule has 0 bridgehead atoms. The van der Waals surface area contributed by atoms with Gasteiger partial charge in [0.1, 0.15) is 17.8 Å². The first kappa shape index (κ1) is 21.1. The summed E-state index contributed by atoms with van der Waals surface area (Å²) >= 11 is 0. The van der Waals surface area contributed by atoms with Gasteiger partial charge in [-0.2, -0.15) is 0 Å². The SMILES string of the molecule is CN1CCC(Cn2cc(-c3ccc4c(C(=O)NC5CC5)cccc4c3)c3c(N)ncnc32)CC1. The van der Waals surface area contributed by atoms with E-state index in [1.54, 1.807) is 6.33 Å². The molecule has 0 atom stereocenters. The molecule has 6 rings (SSSR count). The van der Waals surface area contributed by atoms with E-state index in [0.29, 0.717) is 17.8 Å². The quantitative estimate of drug-likeness (QED) is 0.475. The summed E-state index contributed by atoms with van der Waals surface area (Å²) in [6.07, 6.45) is 8.26. The van der Waals surface area contributed by atoms with Crippen molar-refractivity contribution in [3.8, 4) is 11.1 Å². The van der Waals surface area contributed by atoms with Crippen LogP contribution < -0.4 is 11.1 Å². The number of nitrogens with zero attached hydrogens (tertiary/aromatic N) is 4. The lowest BCUT2D eigenvalue weighted by atomic mass is 9.97. The second-order valence-electron chi connectivity index (χ2n) is 9.89. The zero-order valence-corrected chi connectivity index (χ0v) is 19.5. The molecule has 34 heavy (non-hydrogen) atoms. The Kier molecular flexibility index (Phi) is 5.21. The number of amides is 1. The molecule has 2 aliphatic rings. The van der Waals surface area contributed by atoms with E-state index in [0.717, 1.165) is 71.0 Å². The Labute approximate surface area is 199 Å². The zero-order valence-electron chi connectivity index (χ0n) is 19.5. The number of hydrogen-bond donors (Lipinski definition) is 2. The predicted octanol–water partition coefficient (Wildman–Crippen LogP) is 4.07. The van der Waals surface area contributed by atoms with Gasteiger partial charge in [0.15, 0.2) is 0 Å². The minimum absolute atomic E-state index is 0.00761. The van der Waals surface area contributed by atoms with Crippen molar-refractivity contribution < 1.29 is 4.79 Å². The minimum Gasteiger partial charge on any atom is -0.383 e. The first-order valence-electron chi connectivity index (χ1n) is 12.2. The van der Waals surface area contributed by atoms with E-state index in [1.165, 1.54) is 12.8 Å². The van der Waals surface area contributed by atoms with E-state index >= 15 is 0 Å². The smallest absolute Gasteiger partial charge is 0.252 e. The maximum absolute atomic E-state index is 12.7. The Bertz CT molecular complexity index is 1380. The first-order chi connectivity index (χ1) is 16.6. The molecule has 4 aromatic rings. The van der Waals surface area contributed by atoms with Crippen molar-refractivity contribution >= 4 is 33.5 Å². The number of rotatable bonds is 5.